The maximum atomic E-state index is 11.8. The fraction of sp³-hybridized carbons (Fsp3) is 0.625. The van der Waals surface area contributed by atoms with E-state index in [0.29, 0.717) is 12.4 Å². The first-order valence-corrected chi connectivity index (χ1v) is 7.71. The number of ether oxygens (including phenoxy) is 1. The van der Waals surface area contributed by atoms with Crippen LogP contribution in [0.2, 0.25) is 0 Å². The Morgan fingerprint density at radius 2 is 2.19 bits per heavy atom. The first kappa shape index (κ1) is 15.8. The van der Waals surface area contributed by atoms with Crippen molar-refractivity contribution in [2.45, 2.75) is 58.2 Å². The van der Waals surface area contributed by atoms with Crippen molar-refractivity contribution in [2.24, 2.45) is 11.7 Å². The molecule has 3 N–H and O–H groups in total. The predicted molar refractivity (Wildman–Crippen MR) is 81.8 cm³/mol. The molecule has 1 aliphatic rings. The van der Waals surface area contributed by atoms with Gasteiger partial charge in [-0.3, -0.25) is 4.79 Å². The number of amides is 1. The molecule has 1 heterocycles. The fourth-order valence-electron chi connectivity index (χ4n) is 2.41. The van der Waals surface area contributed by atoms with Crippen molar-refractivity contribution in [1.82, 2.24) is 10.3 Å². The second-order valence-corrected chi connectivity index (χ2v) is 6.01. The number of hydrogen-bond acceptors (Lipinski definition) is 4. The van der Waals surface area contributed by atoms with Gasteiger partial charge in [0.25, 0.3) is 0 Å². The second-order valence-electron chi connectivity index (χ2n) is 6.01. The zero-order chi connectivity index (χ0) is 15.2. The highest BCUT2D eigenvalue weighted by atomic mass is 16.5. The molecule has 5 nitrogen and oxygen atoms in total. The summed E-state index contributed by atoms with van der Waals surface area (Å²) in [6, 6.07) is 3.29. The van der Waals surface area contributed by atoms with Gasteiger partial charge in [-0.1, -0.05) is 13.8 Å². The van der Waals surface area contributed by atoms with Crippen LogP contribution in [0, 0.1) is 5.92 Å². The van der Waals surface area contributed by atoms with Crippen molar-refractivity contribution >= 4 is 5.91 Å². The third-order valence-electron chi connectivity index (χ3n) is 3.88. The van der Waals surface area contributed by atoms with E-state index in [1.54, 1.807) is 6.20 Å². The van der Waals surface area contributed by atoms with Crippen LogP contribution in [0.25, 0.3) is 0 Å². The normalized spacial score (nSPS) is 17.0. The summed E-state index contributed by atoms with van der Waals surface area (Å²) < 4.78 is 5.86. The molecular weight excluding hydrogens is 266 g/mol. The zero-order valence-electron chi connectivity index (χ0n) is 12.8. The molecule has 1 aromatic rings. The van der Waals surface area contributed by atoms with Crippen molar-refractivity contribution in [3.8, 4) is 5.88 Å². The topological polar surface area (TPSA) is 77.2 Å². The van der Waals surface area contributed by atoms with Gasteiger partial charge in [-0.05, 0) is 43.2 Å². The van der Waals surface area contributed by atoms with Crippen LogP contribution >= 0.6 is 0 Å². The number of rotatable bonds is 6. The summed E-state index contributed by atoms with van der Waals surface area (Å²) >= 11 is 0. The molecule has 0 unspecified atom stereocenters. The monoisotopic (exact) mass is 291 g/mol. The van der Waals surface area contributed by atoms with Gasteiger partial charge >= 0.3 is 0 Å². The molecular formula is C16H25N3O2. The maximum Gasteiger partial charge on any atom is 0.237 e. The lowest BCUT2D eigenvalue weighted by Gasteiger charge is -2.16. The Morgan fingerprint density at radius 1 is 1.48 bits per heavy atom. The van der Waals surface area contributed by atoms with E-state index in [-0.39, 0.29) is 17.9 Å². The molecule has 2 rings (SSSR count). The van der Waals surface area contributed by atoms with Gasteiger partial charge in [0.05, 0.1) is 6.04 Å². The molecule has 5 heteroatoms. The standard InChI is InChI=1S/C16H25N3O2/c1-11(2)15(17)16(20)19-10-12-7-8-18-14(9-12)21-13-5-3-4-6-13/h7-9,11,13,15H,3-6,10,17H2,1-2H3,(H,19,20)/t15-/m0/s1. The predicted octanol–water partition coefficient (Wildman–Crippen LogP) is 2.00. The minimum Gasteiger partial charge on any atom is -0.474 e. The van der Waals surface area contributed by atoms with Gasteiger partial charge < -0.3 is 15.8 Å². The quantitative estimate of drug-likeness (QED) is 0.840. The van der Waals surface area contributed by atoms with Crippen LogP contribution < -0.4 is 15.8 Å². The molecule has 0 spiro atoms. The molecule has 1 amide bonds. The van der Waals surface area contributed by atoms with Crippen LogP contribution in [0.3, 0.4) is 0 Å². The third kappa shape index (κ3) is 4.70. The van der Waals surface area contributed by atoms with Crippen LogP contribution in [-0.4, -0.2) is 23.0 Å². The number of nitrogens with two attached hydrogens (primary N) is 1. The summed E-state index contributed by atoms with van der Waals surface area (Å²) in [6.07, 6.45) is 6.67. The second kappa shape index (κ2) is 7.41. The zero-order valence-corrected chi connectivity index (χ0v) is 12.8. The molecule has 0 saturated heterocycles. The van der Waals surface area contributed by atoms with Crippen molar-refractivity contribution in [2.75, 3.05) is 0 Å². The summed E-state index contributed by atoms with van der Waals surface area (Å²) in [5.74, 6) is 0.644. The van der Waals surface area contributed by atoms with E-state index in [1.807, 2.05) is 26.0 Å². The summed E-state index contributed by atoms with van der Waals surface area (Å²) in [7, 11) is 0. The molecule has 21 heavy (non-hydrogen) atoms. The van der Waals surface area contributed by atoms with E-state index in [9.17, 15) is 4.79 Å². The van der Waals surface area contributed by atoms with Gasteiger partial charge in [-0.2, -0.15) is 0 Å². The molecule has 0 aromatic carbocycles. The summed E-state index contributed by atoms with van der Waals surface area (Å²) in [4.78, 5) is 16.1. The number of nitrogens with one attached hydrogen (secondary N) is 1. The van der Waals surface area contributed by atoms with E-state index < -0.39 is 6.04 Å². The van der Waals surface area contributed by atoms with Crippen LogP contribution in [0.1, 0.15) is 45.1 Å². The van der Waals surface area contributed by atoms with Gasteiger partial charge in [0.1, 0.15) is 6.10 Å². The fourth-order valence-corrected chi connectivity index (χ4v) is 2.41. The molecule has 0 bridgehead atoms. The Kier molecular flexibility index (Phi) is 5.56. The van der Waals surface area contributed by atoms with E-state index in [1.165, 1.54) is 12.8 Å². The molecule has 1 fully saturated rings. The Labute approximate surface area is 126 Å². The lowest BCUT2D eigenvalue weighted by atomic mass is 10.1. The lowest BCUT2D eigenvalue weighted by Crippen LogP contribution is -2.43. The average molecular weight is 291 g/mol. The van der Waals surface area contributed by atoms with E-state index >= 15 is 0 Å². The van der Waals surface area contributed by atoms with Gasteiger partial charge in [-0.25, -0.2) is 4.98 Å². The first-order chi connectivity index (χ1) is 10.1. The van der Waals surface area contributed by atoms with Crippen LogP contribution in [0.15, 0.2) is 18.3 Å². The number of nitrogens with zero attached hydrogens (tertiary/aromatic N) is 1. The van der Waals surface area contributed by atoms with E-state index in [0.717, 1.165) is 18.4 Å². The Balaban J connectivity index is 1.87. The molecule has 0 aliphatic heterocycles. The molecule has 116 valence electrons. The van der Waals surface area contributed by atoms with Crippen LogP contribution in [-0.2, 0) is 11.3 Å². The molecule has 0 radical (unpaired) electrons. The molecule has 1 aromatic heterocycles. The Hall–Kier alpha value is -1.62. The SMILES string of the molecule is CC(C)[C@H](N)C(=O)NCc1ccnc(OC2CCCC2)c1. The van der Waals surface area contributed by atoms with E-state index in [2.05, 4.69) is 10.3 Å². The smallest absolute Gasteiger partial charge is 0.237 e. The number of carbonyl (C=O) groups excluding carboxylic acids is 1. The summed E-state index contributed by atoms with van der Waals surface area (Å²) in [5, 5.41) is 2.85. The van der Waals surface area contributed by atoms with Crippen molar-refractivity contribution in [3.05, 3.63) is 23.9 Å². The number of hydrogen-bond donors (Lipinski definition) is 2. The van der Waals surface area contributed by atoms with Crippen LogP contribution in [0.5, 0.6) is 5.88 Å². The largest absolute Gasteiger partial charge is 0.474 e. The summed E-state index contributed by atoms with van der Waals surface area (Å²) in [6.45, 7) is 4.32. The maximum absolute atomic E-state index is 11.8. The average Bonchev–Trinajstić information content (AvgIpc) is 2.97. The lowest BCUT2D eigenvalue weighted by molar-refractivity contribution is -0.123. The van der Waals surface area contributed by atoms with Crippen LogP contribution in [0.4, 0.5) is 0 Å². The van der Waals surface area contributed by atoms with E-state index in [4.69, 9.17) is 10.5 Å². The number of carbonyl (C=O) groups is 1. The van der Waals surface area contributed by atoms with Crippen molar-refractivity contribution < 1.29 is 9.53 Å². The molecule has 1 atom stereocenters. The van der Waals surface area contributed by atoms with Gasteiger partial charge in [0.15, 0.2) is 0 Å². The molecule has 1 aliphatic carbocycles. The third-order valence-corrected chi connectivity index (χ3v) is 3.88. The highest BCUT2D eigenvalue weighted by molar-refractivity contribution is 5.81. The highest BCUT2D eigenvalue weighted by Gasteiger charge is 2.18. The number of pyridine rings is 1. The molecule has 1 saturated carbocycles. The Bertz CT molecular complexity index is 470. The first-order valence-electron chi connectivity index (χ1n) is 7.71. The van der Waals surface area contributed by atoms with Gasteiger partial charge in [0, 0.05) is 18.8 Å². The minimum absolute atomic E-state index is 0.125. The summed E-state index contributed by atoms with van der Waals surface area (Å²) in [5.41, 5.74) is 6.79. The van der Waals surface area contributed by atoms with Gasteiger partial charge in [-0.15, -0.1) is 0 Å². The van der Waals surface area contributed by atoms with Crippen molar-refractivity contribution in [1.29, 1.82) is 0 Å². The minimum atomic E-state index is -0.471. The Morgan fingerprint density at radius 3 is 2.86 bits per heavy atom. The number of aromatic nitrogens is 1. The van der Waals surface area contributed by atoms with Crippen molar-refractivity contribution in [3.63, 3.8) is 0 Å². The van der Waals surface area contributed by atoms with Gasteiger partial charge in [0.2, 0.25) is 11.8 Å². The highest BCUT2D eigenvalue weighted by Crippen LogP contribution is 2.23.